The van der Waals surface area contributed by atoms with E-state index in [2.05, 4.69) is 15.5 Å². The maximum absolute atomic E-state index is 12.6. The van der Waals surface area contributed by atoms with Crippen molar-refractivity contribution in [2.75, 3.05) is 25.1 Å². The van der Waals surface area contributed by atoms with Gasteiger partial charge in [0, 0.05) is 41.4 Å². The van der Waals surface area contributed by atoms with Crippen LogP contribution in [-0.2, 0) is 9.53 Å². The molecule has 0 radical (unpaired) electrons. The lowest BCUT2D eigenvalue weighted by atomic mass is 9.79. The second kappa shape index (κ2) is 8.38. The highest BCUT2D eigenvalue weighted by molar-refractivity contribution is 6.35. The van der Waals surface area contributed by atoms with Crippen LogP contribution in [0.1, 0.15) is 12.8 Å². The number of ether oxygens (including phenoxy) is 1. The minimum atomic E-state index is -0.600. The Morgan fingerprint density at radius 1 is 1.24 bits per heavy atom. The predicted octanol–water partition coefficient (Wildman–Crippen LogP) is 3.50. The second-order valence-corrected chi connectivity index (χ2v) is 6.75. The van der Waals surface area contributed by atoms with Crippen molar-refractivity contribution in [2.45, 2.75) is 12.8 Å². The highest BCUT2D eigenvalue weighted by atomic mass is 35.5. The molecule has 0 saturated carbocycles. The summed E-state index contributed by atoms with van der Waals surface area (Å²) in [5.74, 6) is 0.306. The monoisotopic (exact) mass is 404 g/mol. The number of carbonyl (C=O) groups excluding carboxylic acids is 1. The van der Waals surface area contributed by atoms with E-state index in [1.165, 1.54) is 0 Å². The third-order valence-corrected chi connectivity index (χ3v) is 4.75. The summed E-state index contributed by atoms with van der Waals surface area (Å²) in [4.78, 5) is 12.6. The van der Waals surface area contributed by atoms with Crippen LogP contribution < -0.4 is 11.1 Å². The first-order valence-electron chi connectivity index (χ1n) is 7.63. The quantitative estimate of drug-likeness (QED) is 0.726. The van der Waals surface area contributed by atoms with E-state index in [1.54, 1.807) is 24.3 Å². The van der Waals surface area contributed by atoms with E-state index in [-0.39, 0.29) is 24.9 Å². The average molecular weight is 406 g/mol. The summed E-state index contributed by atoms with van der Waals surface area (Å²) in [5.41, 5.74) is 6.75. The number of halogens is 3. The molecule has 1 amide bonds. The molecule has 1 aliphatic heterocycles. The topological polar surface area (TPSA) is 93.0 Å². The number of hydrogen-bond donors (Lipinski definition) is 3. The molecule has 0 atom stereocenters. The number of nitrogens with zero attached hydrogens (tertiary/aromatic N) is 1. The molecule has 0 bridgehead atoms. The third kappa shape index (κ3) is 4.46. The van der Waals surface area contributed by atoms with Crippen molar-refractivity contribution < 1.29 is 9.53 Å². The summed E-state index contributed by atoms with van der Waals surface area (Å²) in [5, 5.41) is 10.9. The molecule has 1 aromatic carbocycles. The zero-order valence-corrected chi connectivity index (χ0v) is 15.7. The van der Waals surface area contributed by atoms with Gasteiger partial charge in [0.25, 0.3) is 0 Å². The van der Waals surface area contributed by atoms with Crippen LogP contribution in [0.2, 0.25) is 10.0 Å². The molecule has 0 spiro atoms. The number of aromatic amines is 1. The number of aromatic nitrogens is 2. The third-order valence-electron chi connectivity index (χ3n) is 4.32. The Bertz CT molecular complexity index is 724. The van der Waals surface area contributed by atoms with E-state index in [0.717, 1.165) is 5.56 Å². The molecule has 9 heteroatoms. The van der Waals surface area contributed by atoms with Crippen molar-refractivity contribution in [1.29, 1.82) is 0 Å². The molecule has 6 nitrogen and oxygen atoms in total. The number of nitrogens with one attached hydrogen (secondary N) is 2. The first-order chi connectivity index (χ1) is 11.5. The fourth-order valence-electron chi connectivity index (χ4n) is 2.78. The summed E-state index contributed by atoms with van der Waals surface area (Å²) in [6.45, 7) is 1.36. The van der Waals surface area contributed by atoms with Crippen LogP contribution in [0.5, 0.6) is 0 Å². The normalized spacial score (nSPS) is 16.1. The summed E-state index contributed by atoms with van der Waals surface area (Å²) in [6, 6.07) is 6.93. The van der Waals surface area contributed by atoms with Crippen LogP contribution in [0.3, 0.4) is 0 Å². The molecule has 3 rings (SSSR count). The maximum Gasteiger partial charge on any atom is 0.233 e. The second-order valence-electron chi connectivity index (χ2n) is 5.88. The van der Waals surface area contributed by atoms with Gasteiger partial charge in [0.15, 0.2) is 5.82 Å². The van der Waals surface area contributed by atoms with E-state index in [9.17, 15) is 4.79 Å². The zero-order valence-electron chi connectivity index (χ0n) is 13.4. The van der Waals surface area contributed by atoms with Gasteiger partial charge in [0.1, 0.15) is 0 Å². The Balaban J connectivity index is 0.00000225. The van der Waals surface area contributed by atoms with Crippen LogP contribution >= 0.6 is 35.6 Å². The lowest BCUT2D eigenvalue weighted by molar-refractivity contribution is -0.130. The predicted molar refractivity (Wildman–Crippen MR) is 101 cm³/mol. The summed E-state index contributed by atoms with van der Waals surface area (Å²) >= 11 is 12.0. The van der Waals surface area contributed by atoms with Gasteiger partial charge in [-0.05, 0) is 31.0 Å². The van der Waals surface area contributed by atoms with Gasteiger partial charge < -0.3 is 15.8 Å². The molecule has 4 N–H and O–H groups in total. The number of hydrogen-bond acceptors (Lipinski definition) is 4. The van der Waals surface area contributed by atoms with E-state index >= 15 is 0 Å². The van der Waals surface area contributed by atoms with Crippen molar-refractivity contribution in [3.8, 4) is 11.3 Å². The molecule has 1 aliphatic rings. The number of H-pyrrole nitrogens is 1. The van der Waals surface area contributed by atoms with Gasteiger partial charge in [-0.2, -0.15) is 5.10 Å². The van der Waals surface area contributed by atoms with Crippen LogP contribution in [0, 0.1) is 5.41 Å². The van der Waals surface area contributed by atoms with Crippen LogP contribution in [0.25, 0.3) is 11.3 Å². The first-order valence-corrected chi connectivity index (χ1v) is 8.39. The van der Waals surface area contributed by atoms with E-state index in [1.807, 2.05) is 0 Å². The van der Waals surface area contributed by atoms with Gasteiger partial charge in [0.05, 0.1) is 11.1 Å². The van der Waals surface area contributed by atoms with Crippen LogP contribution in [0.4, 0.5) is 5.82 Å². The Labute approximate surface area is 161 Å². The molecule has 0 unspecified atom stereocenters. The Morgan fingerprint density at radius 3 is 2.48 bits per heavy atom. The summed E-state index contributed by atoms with van der Waals surface area (Å²) in [7, 11) is 0. The lowest BCUT2D eigenvalue weighted by Gasteiger charge is -2.34. The molecule has 25 heavy (non-hydrogen) atoms. The van der Waals surface area contributed by atoms with E-state index in [0.29, 0.717) is 47.6 Å². The molecule has 2 aromatic rings. The van der Waals surface area contributed by atoms with Crippen molar-refractivity contribution in [3.05, 3.63) is 34.3 Å². The molecule has 1 saturated heterocycles. The minimum absolute atomic E-state index is 0. The molecule has 1 fully saturated rings. The number of carbonyl (C=O) groups is 1. The smallest absolute Gasteiger partial charge is 0.233 e. The highest BCUT2D eigenvalue weighted by Gasteiger charge is 2.39. The Morgan fingerprint density at radius 2 is 1.88 bits per heavy atom. The molecule has 0 aliphatic carbocycles. The number of nitrogens with two attached hydrogens (primary N) is 1. The van der Waals surface area contributed by atoms with E-state index < -0.39 is 5.41 Å². The van der Waals surface area contributed by atoms with Gasteiger partial charge in [-0.3, -0.25) is 9.89 Å². The van der Waals surface area contributed by atoms with E-state index in [4.69, 9.17) is 33.7 Å². The average Bonchev–Trinajstić information content (AvgIpc) is 3.03. The number of rotatable bonds is 4. The van der Waals surface area contributed by atoms with Crippen LogP contribution in [-0.4, -0.2) is 35.9 Å². The van der Waals surface area contributed by atoms with Gasteiger partial charge in [-0.15, -0.1) is 12.4 Å². The maximum atomic E-state index is 12.6. The molecule has 1 aromatic heterocycles. The lowest BCUT2D eigenvalue weighted by Crippen LogP contribution is -2.46. The molecule has 2 heterocycles. The fourth-order valence-corrected chi connectivity index (χ4v) is 3.30. The van der Waals surface area contributed by atoms with Gasteiger partial charge >= 0.3 is 0 Å². The van der Waals surface area contributed by atoms with Crippen molar-refractivity contribution in [3.63, 3.8) is 0 Å². The van der Waals surface area contributed by atoms with Crippen molar-refractivity contribution in [1.82, 2.24) is 10.2 Å². The Hall–Kier alpha value is -1.31. The zero-order chi connectivity index (χ0) is 17.2. The number of amides is 1. The standard InChI is InChI=1S/C16H18Cl2N4O2.ClH/c17-11-5-10(6-12(18)7-11)13-8-14(22-21-13)20-15(23)16(9-19)1-3-24-4-2-16;/h5-8H,1-4,9,19H2,(H2,20,21,22,23);1H. The fraction of sp³-hybridized carbons (Fsp3) is 0.375. The van der Waals surface area contributed by atoms with Gasteiger partial charge in [0.2, 0.25) is 5.91 Å². The van der Waals surface area contributed by atoms with Gasteiger partial charge in [-0.1, -0.05) is 23.2 Å². The highest BCUT2D eigenvalue weighted by Crippen LogP contribution is 2.31. The molecular formula is C16H19Cl3N4O2. The van der Waals surface area contributed by atoms with Gasteiger partial charge in [-0.25, -0.2) is 0 Å². The van der Waals surface area contributed by atoms with Crippen LogP contribution in [0.15, 0.2) is 24.3 Å². The summed E-state index contributed by atoms with van der Waals surface area (Å²) in [6.07, 6.45) is 1.22. The number of anilines is 1. The Kier molecular flexibility index (Phi) is 6.71. The first kappa shape index (κ1) is 20.0. The van der Waals surface area contributed by atoms with Crippen molar-refractivity contribution >= 4 is 47.3 Å². The summed E-state index contributed by atoms with van der Waals surface area (Å²) < 4.78 is 5.33. The minimum Gasteiger partial charge on any atom is -0.381 e. The molecular weight excluding hydrogens is 387 g/mol. The molecule has 136 valence electrons. The largest absolute Gasteiger partial charge is 0.381 e. The van der Waals surface area contributed by atoms with Crippen molar-refractivity contribution in [2.24, 2.45) is 11.1 Å². The number of benzene rings is 1. The SMILES string of the molecule is Cl.NCC1(C(=O)Nc2cc(-c3cc(Cl)cc(Cl)c3)[nH]n2)CCOCC1.